The second kappa shape index (κ2) is 6.57. The largest absolute Gasteiger partial charge is 0.477 e. The van der Waals surface area contributed by atoms with Gasteiger partial charge in [-0.25, -0.2) is 14.6 Å². The molecule has 2 amide bonds. The van der Waals surface area contributed by atoms with Crippen molar-refractivity contribution in [2.75, 3.05) is 19.8 Å². The Bertz CT molecular complexity index is 510. The average molecular weight is 296 g/mol. The molecule has 2 rings (SSSR count). The zero-order valence-electron chi connectivity index (χ0n) is 11.9. The normalized spacial score (nSPS) is 16.0. The third-order valence-electron chi connectivity index (χ3n) is 3.56. The maximum absolute atomic E-state index is 11.9. The number of aromatic nitrogens is 2. The van der Waals surface area contributed by atoms with Crippen molar-refractivity contribution in [3.8, 4) is 0 Å². The Kier molecular flexibility index (Phi) is 4.79. The van der Waals surface area contributed by atoms with E-state index in [0.29, 0.717) is 25.6 Å². The first-order valence-corrected chi connectivity index (χ1v) is 7.00. The molecule has 0 bridgehead atoms. The van der Waals surface area contributed by atoms with Crippen molar-refractivity contribution in [3.63, 3.8) is 0 Å². The molecule has 1 heterocycles. The van der Waals surface area contributed by atoms with E-state index in [1.165, 1.54) is 6.20 Å². The van der Waals surface area contributed by atoms with E-state index in [2.05, 4.69) is 20.6 Å². The number of nitrogens with zero attached hydrogens (tertiary/aromatic N) is 1. The number of ether oxygens (including phenoxy) is 1. The molecule has 1 aromatic heterocycles. The van der Waals surface area contributed by atoms with Gasteiger partial charge in [-0.2, -0.15) is 0 Å². The molecule has 4 N–H and O–H groups in total. The molecule has 116 valence electrons. The second-order valence-electron chi connectivity index (χ2n) is 4.96. The van der Waals surface area contributed by atoms with Gasteiger partial charge in [-0.1, -0.05) is 0 Å². The molecule has 0 aliphatic heterocycles. The Morgan fingerprint density at radius 1 is 1.52 bits per heavy atom. The summed E-state index contributed by atoms with van der Waals surface area (Å²) < 4.78 is 5.14. The Morgan fingerprint density at radius 2 is 2.29 bits per heavy atom. The van der Waals surface area contributed by atoms with Gasteiger partial charge in [0.05, 0.1) is 18.3 Å². The number of hydrogen-bond donors (Lipinski definition) is 4. The number of H-pyrrole nitrogens is 1. The quantitative estimate of drug-likeness (QED) is 0.556. The van der Waals surface area contributed by atoms with Crippen LogP contribution in [-0.2, 0) is 10.3 Å². The van der Waals surface area contributed by atoms with Gasteiger partial charge in [0.15, 0.2) is 0 Å². The van der Waals surface area contributed by atoms with Crippen LogP contribution in [0.2, 0.25) is 0 Å². The summed E-state index contributed by atoms with van der Waals surface area (Å²) in [5.74, 6) is -0.574. The molecule has 1 aromatic rings. The molecule has 0 saturated heterocycles. The van der Waals surface area contributed by atoms with Crippen LogP contribution in [0.25, 0.3) is 0 Å². The molecule has 1 aliphatic carbocycles. The third-order valence-corrected chi connectivity index (χ3v) is 3.56. The summed E-state index contributed by atoms with van der Waals surface area (Å²) in [7, 11) is 0. The molecule has 8 heteroatoms. The minimum Gasteiger partial charge on any atom is -0.477 e. The number of nitrogens with one attached hydrogen (secondary N) is 3. The lowest BCUT2D eigenvalue weighted by Crippen LogP contribution is -2.54. The maximum Gasteiger partial charge on any atom is 0.353 e. The van der Waals surface area contributed by atoms with Crippen LogP contribution < -0.4 is 10.6 Å². The monoisotopic (exact) mass is 296 g/mol. The highest BCUT2D eigenvalue weighted by atomic mass is 16.5. The number of aromatic amines is 1. The van der Waals surface area contributed by atoms with Gasteiger partial charge in [0.1, 0.15) is 11.5 Å². The molecule has 0 atom stereocenters. The molecule has 1 aliphatic rings. The number of rotatable bonds is 7. The number of carboxylic acid groups (broad SMARTS) is 1. The predicted octanol–water partition coefficient (Wildman–Crippen LogP) is 0.823. The van der Waals surface area contributed by atoms with E-state index in [-0.39, 0.29) is 11.7 Å². The van der Waals surface area contributed by atoms with Gasteiger partial charge in [0.25, 0.3) is 0 Å². The highest BCUT2D eigenvalue weighted by molar-refractivity contribution is 5.85. The predicted molar refractivity (Wildman–Crippen MR) is 74.1 cm³/mol. The highest BCUT2D eigenvalue weighted by Gasteiger charge is 2.42. The number of carbonyl (C=O) groups excluding carboxylic acids is 1. The van der Waals surface area contributed by atoms with E-state index in [4.69, 9.17) is 9.84 Å². The Hall–Kier alpha value is -2.09. The fourth-order valence-corrected chi connectivity index (χ4v) is 2.27. The lowest BCUT2D eigenvalue weighted by Gasteiger charge is -2.40. The van der Waals surface area contributed by atoms with Gasteiger partial charge in [-0.3, -0.25) is 0 Å². The van der Waals surface area contributed by atoms with Crippen LogP contribution in [0.5, 0.6) is 0 Å². The lowest BCUT2D eigenvalue weighted by molar-refractivity contribution is 0.0690. The van der Waals surface area contributed by atoms with Crippen molar-refractivity contribution in [2.24, 2.45) is 0 Å². The SMILES string of the molecule is CCOCCNC(=O)NC1(c2ncc(C(=O)O)[nH]2)CCC1. The topological polar surface area (TPSA) is 116 Å². The van der Waals surface area contributed by atoms with E-state index in [1.807, 2.05) is 6.92 Å². The number of hydrogen-bond acceptors (Lipinski definition) is 4. The first-order chi connectivity index (χ1) is 10.1. The van der Waals surface area contributed by atoms with Gasteiger partial charge in [-0.15, -0.1) is 0 Å². The van der Waals surface area contributed by atoms with Crippen molar-refractivity contribution >= 4 is 12.0 Å². The number of imidazole rings is 1. The van der Waals surface area contributed by atoms with Crippen molar-refractivity contribution in [3.05, 3.63) is 17.7 Å². The van der Waals surface area contributed by atoms with E-state index in [0.717, 1.165) is 19.3 Å². The molecule has 21 heavy (non-hydrogen) atoms. The minimum atomic E-state index is -1.07. The Balaban J connectivity index is 1.94. The number of carboxylic acids is 1. The summed E-state index contributed by atoms with van der Waals surface area (Å²) >= 11 is 0. The summed E-state index contributed by atoms with van der Waals surface area (Å²) in [5.41, 5.74) is -0.571. The number of carbonyl (C=O) groups is 2. The maximum atomic E-state index is 11.9. The van der Waals surface area contributed by atoms with Crippen LogP contribution in [0.1, 0.15) is 42.5 Å². The van der Waals surface area contributed by atoms with Crippen LogP contribution >= 0.6 is 0 Å². The van der Waals surface area contributed by atoms with Crippen molar-refractivity contribution in [1.29, 1.82) is 0 Å². The zero-order chi connectivity index (χ0) is 15.3. The molecule has 0 radical (unpaired) electrons. The van der Waals surface area contributed by atoms with E-state index < -0.39 is 11.5 Å². The summed E-state index contributed by atoms with van der Waals surface area (Å²) in [6.07, 6.45) is 3.70. The highest BCUT2D eigenvalue weighted by Crippen LogP contribution is 2.39. The van der Waals surface area contributed by atoms with Crippen LogP contribution in [0.3, 0.4) is 0 Å². The third kappa shape index (κ3) is 3.52. The summed E-state index contributed by atoms with van der Waals surface area (Å²) in [5, 5.41) is 14.5. The lowest BCUT2D eigenvalue weighted by atomic mass is 9.76. The Labute approximate surface area is 122 Å². The molecule has 0 aromatic carbocycles. The minimum absolute atomic E-state index is 0.0230. The van der Waals surface area contributed by atoms with Gasteiger partial charge < -0.3 is 25.5 Å². The van der Waals surface area contributed by atoms with Crippen LogP contribution in [-0.4, -0.2) is 46.8 Å². The van der Waals surface area contributed by atoms with E-state index >= 15 is 0 Å². The summed E-state index contributed by atoms with van der Waals surface area (Å²) in [6, 6.07) is -0.303. The van der Waals surface area contributed by atoms with E-state index in [1.54, 1.807) is 0 Å². The van der Waals surface area contributed by atoms with Crippen LogP contribution in [0.4, 0.5) is 4.79 Å². The fourth-order valence-electron chi connectivity index (χ4n) is 2.27. The number of amides is 2. The van der Waals surface area contributed by atoms with Gasteiger partial charge in [0.2, 0.25) is 0 Å². The van der Waals surface area contributed by atoms with E-state index in [9.17, 15) is 9.59 Å². The summed E-state index contributed by atoms with van der Waals surface area (Å²) in [4.78, 5) is 29.6. The second-order valence-corrected chi connectivity index (χ2v) is 4.96. The number of aromatic carboxylic acids is 1. The van der Waals surface area contributed by atoms with Crippen molar-refractivity contribution in [2.45, 2.75) is 31.7 Å². The molecule has 8 nitrogen and oxygen atoms in total. The molecular weight excluding hydrogens is 276 g/mol. The van der Waals surface area contributed by atoms with Gasteiger partial charge in [0, 0.05) is 13.2 Å². The van der Waals surface area contributed by atoms with Crippen molar-refractivity contribution in [1.82, 2.24) is 20.6 Å². The average Bonchev–Trinajstić information content (AvgIpc) is 2.89. The van der Waals surface area contributed by atoms with Crippen molar-refractivity contribution < 1.29 is 19.4 Å². The molecular formula is C13H20N4O4. The molecule has 1 fully saturated rings. The van der Waals surface area contributed by atoms with Gasteiger partial charge in [-0.05, 0) is 26.2 Å². The molecule has 1 saturated carbocycles. The molecule has 0 unspecified atom stereocenters. The standard InChI is InChI=1S/C13H20N4O4/c1-2-21-7-6-14-12(20)17-13(4-3-5-13)11-15-8-9(16-11)10(18)19/h8H,2-7H2,1H3,(H,15,16)(H,18,19)(H2,14,17,20). The first-order valence-electron chi connectivity index (χ1n) is 7.00. The summed E-state index contributed by atoms with van der Waals surface area (Å²) in [6.45, 7) is 3.38. The Morgan fingerprint density at radius 3 is 2.81 bits per heavy atom. The fraction of sp³-hybridized carbons (Fsp3) is 0.615. The van der Waals surface area contributed by atoms with Crippen LogP contribution in [0, 0.1) is 0 Å². The van der Waals surface area contributed by atoms with Crippen LogP contribution in [0.15, 0.2) is 6.20 Å². The molecule has 0 spiro atoms. The first kappa shape index (κ1) is 15.3. The number of urea groups is 1. The zero-order valence-corrected chi connectivity index (χ0v) is 11.9. The van der Waals surface area contributed by atoms with Gasteiger partial charge >= 0.3 is 12.0 Å². The smallest absolute Gasteiger partial charge is 0.353 e.